The number of benzene rings is 1. The molecule has 1 N–H and O–H groups in total. The zero-order valence-corrected chi connectivity index (χ0v) is 12.5. The number of hydrogen-bond acceptors (Lipinski definition) is 2. The molecule has 1 fully saturated rings. The predicted octanol–water partition coefficient (Wildman–Crippen LogP) is 4.60. The Morgan fingerprint density at radius 3 is 2.58 bits per heavy atom. The fourth-order valence-corrected chi connectivity index (χ4v) is 2.76. The van der Waals surface area contributed by atoms with Crippen LogP contribution in [0.4, 0.5) is 5.69 Å². The van der Waals surface area contributed by atoms with Crippen molar-refractivity contribution in [1.29, 1.82) is 0 Å². The molecule has 1 aromatic rings. The summed E-state index contributed by atoms with van der Waals surface area (Å²) >= 11 is 0. The van der Waals surface area contributed by atoms with E-state index in [1.807, 2.05) is 6.92 Å². The standard InChI is InChI=1S/C17H27NO/c1-4-19-13-14-7-5-6-8-16(14)18-15-9-11-17(2,3)12-10-15/h5-8,15,18H,4,9-13H2,1-3H3. The first-order chi connectivity index (χ1) is 9.11. The molecule has 1 saturated carbocycles. The summed E-state index contributed by atoms with van der Waals surface area (Å²) in [5.74, 6) is 0. The van der Waals surface area contributed by atoms with Crippen molar-refractivity contribution in [2.24, 2.45) is 5.41 Å². The van der Waals surface area contributed by atoms with Crippen LogP contribution in [-0.2, 0) is 11.3 Å². The summed E-state index contributed by atoms with van der Waals surface area (Å²) in [6, 6.07) is 9.14. The molecule has 0 aliphatic heterocycles. The molecule has 0 radical (unpaired) electrons. The van der Waals surface area contributed by atoms with E-state index in [-0.39, 0.29) is 0 Å². The van der Waals surface area contributed by atoms with Crippen molar-refractivity contribution in [3.8, 4) is 0 Å². The Kier molecular flexibility index (Phi) is 4.87. The Morgan fingerprint density at radius 2 is 1.89 bits per heavy atom. The molecule has 2 nitrogen and oxygen atoms in total. The van der Waals surface area contributed by atoms with Gasteiger partial charge in [-0.3, -0.25) is 0 Å². The number of ether oxygens (including phenoxy) is 1. The minimum Gasteiger partial charge on any atom is -0.382 e. The second-order valence-corrected chi connectivity index (χ2v) is 6.38. The number of nitrogens with one attached hydrogen (secondary N) is 1. The minimum atomic E-state index is 0.531. The van der Waals surface area contributed by atoms with Gasteiger partial charge in [0.2, 0.25) is 0 Å². The van der Waals surface area contributed by atoms with Crippen LogP contribution in [0.3, 0.4) is 0 Å². The predicted molar refractivity (Wildman–Crippen MR) is 81.4 cm³/mol. The van der Waals surface area contributed by atoms with E-state index in [1.165, 1.54) is 36.9 Å². The van der Waals surface area contributed by atoms with Crippen molar-refractivity contribution in [3.63, 3.8) is 0 Å². The van der Waals surface area contributed by atoms with Crippen molar-refractivity contribution in [3.05, 3.63) is 29.8 Å². The van der Waals surface area contributed by atoms with E-state index in [9.17, 15) is 0 Å². The molecule has 0 saturated heterocycles. The highest BCUT2D eigenvalue weighted by Crippen LogP contribution is 2.36. The maximum absolute atomic E-state index is 5.54. The molecule has 0 heterocycles. The van der Waals surface area contributed by atoms with Gasteiger partial charge in [0.1, 0.15) is 0 Å². The molecule has 0 unspecified atom stereocenters. The monoisotopic (exact) mass is 261 g/mol. The van der Waals surface area contributed by atoms with Crippen molar-refractivity contribution in [1.82, 2.24) is 0 Å². The number of rotatable bonds is 5. The molecule has 2 heteroatoms. The van der Waals surface area contributed by atoms with Gasteiger partial charge in [-0.15, -0.1) is 0 Å². The van der Waals surface area contributed by atoms with Crippen molar-refractivity contribution < 1.29 is 4.74 Å². The second-order valence-electron chi connectivity index (χ2n) is 6.38. The summed E-state index contributed by atoms with van der Waals surface area (Å²) in [5, 5.41) is 3.72. The number of para-hydroxylation sites is 1. The van der Waals surface area contributed by atoms with Crippen LogP contribution >= 0.6 is 0 Å². The molecule has 0 atom stereocenters. The molecule has 2 rings (SSSR count). The Bertz CT molecular complexity index is 390. The maximum Gasteiger partial charge on any atom is 0.0736 e. The Hall–Kier alpha value is -1.02. The zero-order chi connectivity index (χ0) is 13.7. The molecule has 1 aromatic carbocycles. The second kappa shape index (κ2) is 6.42. The quantitative estimate of drug-likeness (QED) is 0.836. The minimum absolute atomic E-state index is 0.531. The summed E-state index contributed by atoms with van der Waals surface area (Å²) in [6.07, 6.45) is 5.18. The average molecular weight is 261 g/mol. The molecule has 0 aromatic heterocycles. The van der Waals surface area contributed by atoms with Gasteiger partial charge < -0.3 is 10.1 Å². The lowest BCUT2D eigenvalue weighted by atomic mass is 9.75. The highest BCUT2D eigenvalue weighted by Gasteiger charge is 2.26. The molecule has 1 aliphatic carbocycles. The van der Waals surface area contributed by atoms with E-state index in [4.69, 9.17) is 4.74 Å². The van der Waals surface area contributed by atoms with Crippen LogP contribution in [0.1, 0.15) is 52.0 Å². The largest absolute Gasteiger partial charge is 0.382 e. The lowest BCUT2D eigenvalue weighted by Crippen LogP contribution is -2.30. The molecule has 0 spiro atoms. The molecule has 106 valence electrons. The molecular weight excluding hydrogens is 234 g/mol. The fourth-order valence-electron chi connectivity index (χ4n) is 2.76. The molecule has 0 bridgehead atoms. The maximum atomic E-state index is 5.54. The van der Waals surface area contributed by atoms with Crippen LogP contribution in [0.5, 0.6) is 0 Å². The lowest BCUT2D eigenvalue weighted by Gasteiger charge is -2.35. The number of hydrogen-bond donors (Lipinski definition) is 1. The van der Waals surface area contributed by atoms with Gasteiger partial charge >= 0.3 is 0 Å². The summed E-state index contributed by atoms with van der Waals surface area (Å²) < 4.78 is 5.54. The third-order valence-electron chi connectivity index (χ3n) is 4.18. The fraction of sp³-hybridized carbons (Fsp3) is 0.647. The smallest absolute Gasteiger partial charge is 0.0736 e. The van der Waals surface area contributed by atoms with Crippen LogP contribution in [0, 0.1) is 5.41 Å². The van der Waals surface area contributed by atoms with E-state index in [0.29, 0.717) is 18.1 Å². The van der Waals surface area contributed by atoms with Gasteiger partial charge in [0.05, 0.1) is 6.61 Å². The van der Waals surface area contributed by atoms with E-state index < -0.39 is 0 Å². The van der Waals surface area contributed by atoms with Crippen molar-refractivity contribution in [2.45, 2.75) is 59.1 Å². The van der Waals surface area contributed by atoms with Gasteiger partial charge in [-0.25, -0.2) is 0 Å². The van der Waals surface area contributed by atoms with Gasteiger partial charge in [0, 0.05) is 23.9 Å². The summed E-state index contributed by atoms with van der Waals surface area (Å²) in [6.45, 7) is 8.28. The third kappa shape index (κ3) is 4.24. The summed E-state index contributed by atoms with van der Waals surface area (Å²) in [7, 11) is 0. The third-order valence-corrected chi connectivity index (χ3v) is 4.18. The summed E-state index contributed by atoms with van der Waals surface area (Å²) in [4.78, 5) is 0. The van der Waals surface area contributed by atoms with Crippen molar-refractivity contribution >= 4 is 5.69 Å². The molecule has 19 heavy (non-hydrogen) atoms. The van der Waals surface area contributed by atoms with Gasteiger partial charge in [-0.05, 0) is 44.1 Å². The van der Waals surface area contributed by atoms with E-state index in [1.54, 1.807) is 0 Å². The first kappa shape index (κ1) is 14.4. The highest BCUT2D eigenvalue weighted by molar-refractivity contribution is 5.51. The topological polar surface area (TPSA) is 21.3 Å². The first-order valence-corrected chi connectivity index (χ1v) is 7.53. The van der Waals surface area contributed by atoms with Crippen LogP contribution in [0.2, 0.25) is 0 Å². The van der Waals surface area contributed by atoms with Crippen LogP contribution in [0.15, 0.2) is 24.3 Å². The summed E-state index contributed by atoms with van der Waals surface area (Å²) in [5.41, 5.74) is 3.05. The van der Waals surface area contributed by atoms with Crippen LogP contribution in [0.25, 0.3) is 0 Å². The average Bonchev–Trinajstić information content (AvgIpc) is 2.40. The zero-order valence-electron chi connectivity index (χ0n) is 12.5. The molecule has 1 aliphatic rings. The lowest BCUT2D eigenvalue weighted by molar-refractivity contribution is 0.134. The first-order valence-electron chi connectivity index (χ1n) is 7.53. The van der Waals surface area contributed by atoms with Gasteiger partial charge in [0.25, 0.3) is 0 Å². The van der Waals surface area contributed by atoms with Gasteiger partial charge in [0.15, 0.2) is 0 Å². The molecule has 0 amide bonds. The highest BCUT2D eigenvalue weighted by atomic mass is 16.5. The van der Waals surface area contributed by atoms with Crippen LogP contribution < -0.4 is 5.32 Å². The van der Waals surface area contributed by atoms with E-state index >= 15 is 0 Å². The van der Waals surface area contributed by atoms with Gasteiger partial charge in [-0.2, -0.15) is 0 Å². The Morgan fingerprint density at radius 1 is 1.21 bits per heavy atom. The number of anilines is 1. The van der Waals surface area contributed by atoms with E-state index in [2.05, 4.69) is 43.4 Å². The van der Waals surface area contributed by atoms with E-state index in [0.717, 1.165) is 6.61 Å². The molecular formula is C17H27NO. The Balaban J connectivity index is 1.95. The Labute approximate surface area is 117 Å². The van der Waals surface area contributed by atoms with Gasteiger partial charge in [-0.1, -0.05) is 32.0 Å². The normalized spacial score (nSPS) is 19.3. The van der Waals surface area contributed by atoms with Crippen LogP contribution in [-0.4, -0.2) is 12.6 Å². The SMILES string of the molecule is CCOCc1ccccc1NC1CCC(C)(C)CC1. The van der Waals surface area contributed by atoms with Crippen molar-refractivity contribution in [2.75, 3.05) is 11.9 Å².